The largest absolute Gasteiger partial charge is 0.396 e. The highest BCUT2D eigenvalue weighted by atomic mass is 16.5. The van der Waals surface area contributed by atoms with Crippen LogP contribution in [0, 0.1) is 11.3 Å². The van der Waals surface area contributed by atoms with Gasteiger partial charge in [0.25, 0.3) is 0 Å². The standard InChI is InChI=1S/C15H26N2O3/c1-10(4-2-8-18)16-14(19)17-12-11-5-9-20-13(11)15(12)6-3-7-15/h10-13,18H,2-9H2,1H3,(H2,16,17,19). The summed E-state index contributed by atoms with van der Waals surface area (Å²) in [6.45, 7) is 3.01. The lowest BCUT2D eigenvalue weighted by molar-refractivity contribution is -0.172. The van der Waals surface area contributed by atoms with Gasteiger partial charge in [0, 0.05) is 36.6 Å². The summed E-state index contributed by atoms with van der Waals surface area (Å²) >= 11 is 0. The fourth-order valence-electron chi connectivity index (χ4n) is 4.33. The second-order valence-electron chi connectivity index (χ2n) is 6.69. The van der Waals surface area contributed by atoms with Crippen LogP contribution in [0.2, 0.25) is 0 Å². The normalized spacial score (nSPS) is 34.8. The number of carbonyl (C=O) groups excluding carboxylic acids is 1. The summed E-state index contributed by atoms with van der Waals surface area (Å²) < 4.78 is 5.86. The van der Waals surface area contributed by atoms with Crippen molar-refractivity contribution in [2.45, 2.75) is 63.6 Å². The summed E-state index contributed by atoms with van der Waals surface area (Å²) in [4.78, 5) is 12.1. The summed E-state index contributed by atoms with van der Waals surface area (Å²) in [6.07, 6.45) is 6.67. The van der Waals surface area contributed by atoms with Crippen molar-refractivity contribution in [3.8, 4) is 0 Å². The van der Waals surface area contributed by atoms with E-state index in [2.05, 4.69) is 10.6 Å². The second-order valence-corrected chi connectivity index (χ2v) is 6.69. The number of ether oxygens (including phenoxy) is 1. The average Bonchev–Trinajstić information content (AvgIpc) is 2.77. The zero-order valence-corrected chi connectivity index (χ0v) is 12.2. The molecule has 0 aromatic carbocycles. The van der Waals surface area contributed by atoms with Crippen LogP contribution in [-0.4, -0.2) is 42.5 Å². The predicted octanol–water partition coefficient (Wildman–Crippen LogP) is 1.40. The van der Waals surface area contributed by atoms with Gasteiger partial charge >= 0.3 is 6.03 Å². The van der Waals surface area contributed by atoms with Gasteiger partial charge in [-0.2, -0.15) is 0 Å². The first-order chi connectivity index (χ1) is 9.67. The molecule has 3 rings (SSSR count). The van der Waals surface area contributed by atoms with Crippen LogP contribution in [0.1, 0.15) is 45.4 Å². The van der Waals surface area contributed by atoms with Gasteiger partial charge in [-0.15, -0.1) is 0 Å². The van der Waals surface area contributed by atoms with E-state index in [4.69, 9.17) is 9.84 Å². The summed E-state index contributed by atoms with van der Waals surface area (Å²) in [6, 6.07) is 0.348. The molecule has 0 aromatic rings. The third-order valence-corrected chi connectivity index (χ3v) is 5.50. The first-order valence-corrected chi connectivity index (χ1v) is 7.97. The van der Waals surface area contributed by atoms with E-state index >= 15 is 0 Å². The van der Waals surface area contributed by atoms with Crippen LogP contribution < -0.4 is 10.6 Å². The van der Waals surface area contributed by atoms with Gasteiger partial charge < -0.3 is 20.5 Å². The molecule has 114 valence electrons. The van der Waals surface area contributed by atoms with Gasteiger partial charge in [0.2, 0.25) is 0 Å². The van der Waals surface area contributed by atoms with E-state index < -0.39 is 0 Å². The number of hydrogen-bond donors (Lipinski definition) is 3. The molecule has 20 heavy (non-hydrogen) atoms. The van der Waals surface area contributed by atoms with Crippen molar-refractivity contribution in [1.29, 1.82) is 0 Å². The van der Waals surface area contributed by atoms with Crippen molar-refractivity contribution < 1.29 is 14.6 Å². The van der Waals surface area contributed by atoms with Crippen LogP contribution >= 0.6 is 0 Å². The number of hydrogen-bond acceptors (Lipinski definition) is 3. The molecule has 2 aliphatic carbocycles. The summed E-state index contributed by atoms with van der Waals surface area (Å²) in [5, 5.41) is 15.0. The van der Waals surface area contributed by atoms with Crippen LogP contribution in [0.25, 0.3) is 0 Å². The Bertz CT molecular complexity index is 370. The number of fused-ring (bicyclic) bond motifs is 2. The summed E-state index contributed by atoms with van der Waals surface area (Å²) in [5.74, 6) is 0.522. The van der Waals surface area contributed by atoms with Gasteiger partial charge in [-0.1, -0.05) is 6.42 Å². The summed E-state index contributed by atoms with van der Waals surface area (Å²) in [5.41, 5.74) is 0.243. The average molecular weight is 282 g/mol. The van der Waals surface area contributed by atoms with E-state index in [0.29, 0.717) is 18.1 Å². The predicted molar refractivity (Wildman–Crippen MR) is 75.4 cm³/mol. The Morgan fingerprint density at radius 1 is 1.50 bits per heavy atom. The molecule has 4 unspecified atom stereocenters. The smallest absolute Gasteiger partial charge is 0.315 e. The molecule has 0 radical (unpaired) electrons. The zero-order valence-electron chi connectivity index (χ0n) is 12.2. The third kappa shape index (κ3) is 2.21. The molecule has 1 spiro atoms. The number of aliphatic hydroxyl groups excluding tert-OH is 1. The first-order valence-electron chi connectivity index (χ1n) is 7.97. The quantitative estimate of drug-likeness (QED) is 0.714. The van der Waals surface area contributed by atoms with E-state index in [9.17, 15) is 4.79 Å². The Hall–Kier alpha value is -0.810. The molecule has 3 fully saturated rings. The van der Waals surface area contributed by atoms with E-state index in [0.717, 1.165) is 25.9 Å². The molecule has 5 nitrogen and oxygen atoms in total. The van der Waals surface area contributed by atoms with Gasteiger partial charge in [0.15, 0.2) is 0 Å². The molecule has 3 N–H and O–H groups in total. The van der Waals surface area contributed by atoms with E-state index in [1.165, 1.54) is 19.3 Å². The summed E-state index contributed by atoms with van der Waals surface area (Å²) in [7, 11) is 0. The molecule has 1 saturated heterocycles. The molecule has 0 aromatic heterocycles. The van der Waals surface area contributed by atoms with Crippen molar-refractivity contribution in [3.63, 3.8) is 0 Å². The van der Waals surface area contributed by atoms with Crippen LogP contribution in [0.3, 0.4) is 0 Å². The van der Waals surface area contributed by atoms with Crippen molar-refractivity contribution in [3.05, 3.63) is 0 Å². The van der Waals surface area contributed by atoms with E-state index in [1.54, 1.807) is 0 Å². The molecule has 1 aliphatic heterocycles. The number of amides is 2. The van der Waals surface area contributed by atoms with Gasteiger partial charge in [0.1, 0.15) is 0 Å². The minimum Gasteiger partial charge on any atom is -0.396 e. The van der Waals surface area contributed by atoms with Crippen molar-refractivity contribution in [2.75, 3.05) is 13.2 Å². The third-order valence-electron chi connectivity index (χ3n) is 5.50. The molecule has 4 atom stereocenters. The highest BCUT2D eigenvalue weighted by molar-refractivity contribution is 5.75. The Labute approximate surface area is 120 Å². The first kappa shape index (κ1) is 14.1. The second kappa shape index (κ2) is 5.53. The molecule has 1 heterocycles. The SMILES string of the molecule is CC(CCCO)NC(=O)NC1C2CCOC2C12CCC2. The molecule has 2 amide bonds. The van der Waals surface area contributed by atoms with E-state index in [-0.39, 0.29) is 24.1 Å². The molecule has 0 bridgehead atoms. The maximum absolute atomic E-state index is 12.1. The maximum atomic E-state index is 12.1. The Morgan fingerprint density at radius 3 is 2.95 bits per heavy atom. The lowest BCUT2D eigenvalue weighted by atomic mass is 9.46. The number of urea groups is 1. The minimum absolute atomic E-state index is 0.0583. The van der Waals surface area contributed by atoms with Crippen LogP contribution in [0.5, 0.6) is 0 Å². The molecule has 5 heteroatoms. The fourth-order valence-corrected chi connectivity index (χ4v) is 4.33. The van der Waals surface area contributed by atoms with Crippen LogP contribution in [0.15, 0.2) is 0 Å². The monoisotopic (exact) mass is 282 g/mol. The Kier molecular flexibility index (Phi) is 3.91. The van der Waals surface area contributed by atoms with Gasteiger partial charge in [0.05, 0.1) is 6.10 Å². The van der Waals surface area contributed by atoms with Gasteiger partial charge in [-0.3, -0.25) is 0 Å². The minimum atomic E-state index is -0.0583. The van der Waals surface area contributed by atoms with Crippen LogP contribution in [0.4, 0.5) is 4.79 Å². The van der Waals surface area contributed by atoms with Crippen molar-refractivity contribution in [1.82, 2.24) is 10.6 Å². The number of aliphatic hydroxyl groups is 1. The Morgan fingerprint density at radius 2 is 2.30 bits per heavy atom. The topological polar surface area (TPSA) is 70.6 Å². The highest BCUT2D eigenvalue weighted by Gasteiger charge is 2.66. The van der Waals surface area contributed by atoms with Crippen molar-refractivity contribution in [2.24, 2.45) is 11.3 Å². The van der Waals surface area contributed by atoms with Gasteiger partial charge in [-0.25, -0.2) is 4.79 Å². The number of rotatable bonds is 5. The molecule has 3 aliphatic rings. The van der Waals surface area contributed by atoms with Gasteiger partial charge in [-0.05, 0) is 39.0 Å². The Balaban J connectivity index is 1.51. The number of nitrogens with one attached hydrogen (secondary N) is 2. The molecular weight excluding hydrogens is 256 g/mol. The van der Waals surface area contributed by atoms with Crippen LogP contribution in [-0.2, 0) is 4.74 Å². The lowest BCUT2D eigenvalue weighted by Crippen LogP contribution is -2.72. The lowest BCUT2D eigenvalue weighted by Gasteiger charge is -2.63. The molecule has 2 saturated carbocycles. The maximum Gasteiger partial charge on any atom is 0.315 e. The zero-order chi connectivity index (χ0) is 14.2. The number of carbonyl (C=O) groups is 1. The highest BCUT2D eigenvalue weighted by Crippen LogP contribution is 2.62. The fraction of sp³-hybridized carbons (Fsp3) is 0.933. The molecular formula is C15H26N2O3. The van der Waals surface area contributed by atoms with E-state index in [1.807, 2.05) is 6.92 Å². The van der Waals surface area contributed by atoms with Crippen molar-refractivity contribution >= 4 is 6.03 Å².